The van der Waals surface area contributed by atoms with Crippen molar-refractivity contribution >= 4 is 12.1 Å². The minimum absolute atomic E-state index is 0.222. The standard InChI is InChI=1S/C20H21N3O2/c1-14-6-8-17(9-7-14)20(24)22-21-12-18-11-15(2)23(16(18)3)13-19-5-4-10-25-19/h4-12H,13H2,1-3H3,(H,22,24)/b21-12-. The highest BCUT2D eigenvalue weighted by atomic mass is 16.3. The van der Waals surface area contributed by atoms with E-state index in [2.05, 4.69) is 15.1 Å². The fourth-order valence-electron chi connectivity index (χ4n) is 2.69. The first kappa shape index (κ1) is 16.8. The van der Waals surface area contributed by atoms with Gasteiger partial charge in [0.2, 0.25) is 0 Å². The maximum Gasteiger partial charge on any atom is 0.271 e. The van der Waals surface area contributed by atoms with Gasteiger partial charge in [-0.25, -0.2) is 5.43 Å². The van der Waals surface area contributed by atoms with Crippen LogP contribution >= 0.6 is 0 Å². The predicted octanol–water partition coefficient (Wildman–Crippen LogP) is 3.82. The van der Waals surface area contributed by atoms with E-state index in [4.69, 9.17) is 4.42 Å². The molecule has 25 heavy (non-hydrogen) atoms. The quantitative estimate of drug-likeness (QED) is 0.569. The van der Waals surface area contributed by atoms with Crippen LogP contribution in [0.3, 0.4) is 0 Å². The zero-order valence-electron chi connectivity index (χ0n) is 14.6. The number of carbonyl (C=O) groups is 1. The molecule has 0 bridgehead atoms. The van der Waals surface area contributed by atoms with Crippen LogP contribution in [0.5, 0.6) is 0 Å². The van der Waals surface area contributed by atoms with Crippen molar-refractivity contribution in [3.8, 4) is 0 Å². The molecule has 1 N–H and O–H groups in total. The Morgan fingerprint density at radius 1 is 1.20 bits per heavy atom. The van der Waals surface area contributed by atoms with Gasteiger partial charge in [0.1, 0.15) is 5.76 Å². The molecule has 1 amide bonds. The van der Waals surface area contributed by atoms with Crippen molar-refractivity contribution in [1.29, 1.82) is 0 Å². The number of hydrazone groups is 1. The number of nitrogens with zero attached hydrogens (tertiary/aromatic N) is 2. The molecule has 3 aromatic rings. The second-order valence-corrected chi connectivity index (χ2v) is 6.06. The molecule has 2 heterocycles. The molecule has 0 aliphatic heterocycles. The maximum atomic E-state index is 12.1. The molecule has 0 atom stereocenters. The summed E-state index contributed by atoms with van der Waals surface area (Å²) >= 11 is 0. The van der Waals surface area contributed by atoms with Gasteiger partial charge in [0.25, 0.3) is 5.91 Å². The summed E-state index contributed by atoms with van der Waals surface area (Å²) < 4.78 is 7.57. The van der Waals surface area contributed by atoms with Crippen LogP contribution in [0.4, 0.5) is 0 Å². The third-order valence-corrected chi connectivity index (χ3v) is 4.19. The molecule has 0 saturated carbocycles. The Hall–Kier alpha value is -3.08. The third-order valence-electron chi connectivity index (χ3n) is 4.19. The van der Waals surface area contributed by atoms with Gasteiger partial charge in [0.05, 0.1) is 19.0 Å². The lowest BCUT2D eigenvalue weighted by molar-refractivity contribution is 0.0955. The average Bonchev–Trinajstić information content (AvgIpc) is 3.20. The monoisotopic (exact) mass is 335 g/mol. The number of rotatable bonds is 5. The lowest BCUT2D eigenvalue weighted by Crippen LogP contribution is -2.17. The van der Waals surface area contributed by atoms with Crippen molar-refractivity contribution in [3.05, 3.63) is 82.6 Å². The van der Waals surface area contributed by atoms with E-state index in [-0.39, 0.29) is 5.91 Å². The summed E-state index contributed by atoms with van der Waals surface area (Å²) in [6.07, 6.45) is 3.35. The van der Waals surface area contributed by atoms with E-state index in [1.165, 1.54) is 0 Å². The Morgan fingerprint density at radius 3 is 2.64 bits per heavy atom. The summed E-state index contributed by atoms with van der Waals surface area (Å²) in [7, 11) is 0. The average molecular weight is 335 g/mol. The molecule has 5 heteroatoms. The first-order valence-electron chi connectivity index (χ1n) is 8.14. The Balaban J connectivity index is 1.69. The second kappa shape index (κ2) is 7.21. The van der Waals surface area contributed by atoms with Gasteiger partial charge in [-0.15, -0.1) is 0 Å². The van der Waals surface area contributed by atoms with Crippen LogP contribution in [-0.4, -0.2) is 16.7 Å². The summed E-state index contributed by atoms with van der Waals surface area (Å²) in [4.78, 5) is 12.1. The van der Waals surface area contributed by atoms with Crippen LogP contribution in [-0.2, 0) is 6.54 Å². The number of hydrogen-bond acceptors (Lipinski definition) is 3. The van der Waals surface area contributed by atoms with E-state index in [0.29, 0.717) is 12.1 Å². The van der Waals surface area contributed by atoms with Gasteiger partial charge in [0.15, 0.2) is 0 Å². The van der Waals surface area contributed by atoms with Gasteiger partial charge in [-0.3, -0.25) is 4.79 Å². The molecule has 128 valence electrons. The molecular formula is C20H21N3O2. The van der Waals surface area contributed by atoms with Crippen molar-refractivity contribution in [2.45, 2.75) is 27.3 Å². The first-order valence-corrected chi connectivity index (χ1v) is 8.14. The summed E-state index contributed by atoms with van der Waals surface area (Å²) in [5.41, 5.74) is 7.42. The van der Waals surface area contributed by atoms with Gasteiger partial charge < -0.3 is 8.98 Å². The van der Waals surface area contributed by atoms with Crippen molar-refractivity contribution in [2.24, 2.45) is 5.10 Å². The van der Waals surface area contributed by atoms with Gasteiger partial charge in [0, 0.05) is 22.5 Å². The lowest BCUT2D eigenvalue weighted by Gasteiger charge is -2.07. The Labute approximate surface area is 147 Å². The Morgan fingerprint density at radius 2 is 1.96 bits per heavy atom. The largest absolute Gasteiger partial charge is 0.467 e. The lowest BCUT2D eigenvalue weighted by atomic mass is 10.1. The van der Waals surface area contributed by atoms with E-state index in [9.17, 15) is 4.79 Å². The normalized spacial score (nSPS) is 11.2. The number of amides is 1. The number of aryl methyl sites for hydroxylation is 2. The molecule has 0 aliphatic carbocycles. The van der Waals surface area contributed by atoms with Crippen molar-refractivity contribution in [3.63, 3.8) is 0 Å². The zero-order chi connectivity index (χ0) is 17.8. The number of hydrogen-bond donors (Lipinski definition) is 1. The van der Waals surface area contributed by atoms with Gasteiger partial charge in [-0.1, -0.05) is 17.7 Å². The topological polar surface area (TPSA) is 59.5 Å². The van der Waals surface area contributed by atoms with Gasteiger partial charge in [-0.05, 0) is 51.1 Å². The molecule has 3 rings (SSSR count). The highest BCUT2D eigenvalue weighted by Crippen LogP contribution is 2.16. The minimum atomic E-state index is -0.222. The SMILES string of the molecule is Cc1ccc(C(=O)N/N=C\c2cc(C)n(Cc3ccco3)c2C)cc1. The van der Waals surface area contributed by atoms with Crippen molar-refractivity contribution in [2.75, 3.05) is 0 Å². The summed E-state index contributed by atoms with van der Waals surface area (Å²) in [5.74, 6) is 0.679. The third kappa shape index (κ3) is 3.88. The Bertz CT molecular complexity index is 888. The molecule has 5 nitrogen and oxygen atoms in total. The summed E-state index contributed by atoms with van der Waals surface area (Å²) in [5, 5.41) is 4.09. The van der Waals surface area contributed by atoms with Gasteiger partial charge >= 0.3 is 0 Å². The van der Waals surface area contributed by atoms with Crippen LogP contribution in [0.2, 0.25) is 0 Å². The van der Waals surface area contributed by atoms with Crippen LogP contribution in [0.1, 0.15) is 38.6 Å². The van der Waals surface area contributed by atoms with Crippen LogP contribution in [0, 0.1) is 20.8 Å². The molecule has 0 spiro atoms. The fraction of sp³-hybridized carbons (Fsp3) is 0.200. The van der Waals surface area contributed by atoms with E-state index in [1.807, 2.05) is 51.1 Å². The molecule has 0 saturated heterocycles. The number of carbonyl (C=O) groups excluding carboxylic acids is 1. The predicted molar refractivity (Wildman–Crippen MR) is 98.0 cm³/mol. The second-order valence-electron chi connectivity index (χ2n) is 6.06. The van der Waals surface area contributed by atoms with Crippen molar-refractivity contribution in [1.82, 2.24) is 9.99 Å². The van der Waals surface area contributed by atoms with Crippen LogP contribution < -0.4 is 5.43 Å². The molecule has 0 radical (unpaired) electrons. The van der Waals surface area contributed by atoms with E-state index >= 15 is 0 Å². The first-order chi connectivity index (χ1) is 12.0. The number of aromatic nitrogens is 1. The minimum Gasteiger partial charge on any atom is -0.467 e. The highest BCUT2D eigenvalue weighted by Gasteiger charge is 2.09. The van der Waals surface area contributed by atoms with Crippen molar-refractivity contribution < 1.29 is 9.21 Å². The number of nitrogens with one attached hydrogen (secondary N) is 1. The molecule has 2 aromatic heterocycles. The number of benzene rings is 1. The van der Waals surface area contributed by atoms with Gasteiger partial charge in [-0.2, -0.15) is 5.10 Å². The highest BCUT2D eigenvalue weighted by molar-refractivity contribution is 5.95. The maximum absolute atomic E-state index is 12.1. The summed E-state index contributed by atoms with van der Waals surface area (Å²) in [6.45, 7) is 6.73. The zero-order valence-corrected chi connectivity index (χ0v) is 14.6. The van der Waals surface area contributed by atoms with Crippen LogP contribution in [0.15, 0.2) is 58.2 Å². The molecular weight excluding hydrogens is 314 g/mol. The Kier molecular flexibility index (Phi) is 4.84. The fourth-order valence-corrected chi connectivity index (χ4v) is 2.69. The van der Waals surface area contributed by atoms with E-state index in [0.717, 1.165) is 28.3 Å². The molecule has 0 aliphatic rings. The molecule has 0 fully saturated rings. The number of furan rings is 1. The smallest absolute Gasteiger partial charge is 0.271 e. The summed E-state index contributed by atoms with van der Waals surface area (Å²) in [6, 6.07) is 13.3. The molecule has 0 unspecified atom stereocenters. The van der Waals surface area contributed by atoms with E-state index in [1.54, 1.807) is 24.6 Å². The van der Waals surface area contributed by atoms with Crippen LogP contribution in [0.25, 0.3) is 0 Å². The molecule has 1 aromatic carbocycles. The van der Waals surface area contributed by atoms with E-state index < -0.39 is 0 Å².